The van der Waals surface area contributed by atoms with Crippen molar-refractivity contribution in [2.24, 2.45) is 0 Å². The highest BCUT2D eigenvalue weighted by Gasteiger charge is 2.02. The van der Waals surface area contributed by atoms with E-state index in [0.29, 0.717) is 26.4 Å². The molecule has 0 aliphatic heterocycles. The van der Waals surface area contributed by atoms with Crippen LogP contribution in [0.2, 0.25) is 0 Å². The zero-order chi connectivity index (χ0) is 13.9. The predicted octanol–water partition coefficient (Wildman–Crippen LogP) is 1.82. The van der Waals surface area contributed by atoms with Gasteiger partial charge in [-0.3, -0.25) is 0 Å². The Balaban J connectivity index is 2.24. The first-order valence-electron chi connectivity index (χ1n) is 6.32. The average molecular weight is 267 g/mol. The van der Waals surface area contributed by atoms with Gasteiger partial charge >= 0.3 is 5.97 Å². The van der Waals surface area contributed by atoms with Gasteiger partial charge in [-0.1, -0.05) is 18.2 Å². The third kappa shape index (κ3) is 6.22. The summed E-state index contributed by atoms with van der Waals surface area (Å²) in [5, 5.41) is 3.25. The lowest BCUT2D eigenvalue weighted by Crippen LogP contribution is -2.17. The van der Waals surface area contributed by atoms with E-state index in [1.807, 2.05) is 24.3 Å². The van der Waals surface area contributed by atoms with Gasteiger partial charge in [-0.25, -0.2) is 4.79 Å². The number of methoxy groups -OCH3 is 1. The highest BCUT2D eigenvalue weighted by Crippen LogP contribution is 2.15. The molecule has 5 nitrogen and oxygen atoms in total. The van der Waals surface area contributed by atoms with Crippen LogP contribution in [0, 0.1) is 0 Å². The Hall–Kier alpha value is -1.59. The second-order valence-electron chi connectivity index (χ2n) is 3.87. The lowest BCUT2D eigenvalue weighted by atomic mass is 10.2. The van der Waals surface area contributed by atoms with Gasteiger partial charge < -0.3 is 19.5 Å². The molecule has 0 spiro atoms. The van der Waals surface area contributed by atoms with Gasteiger partial charge in [0.2, 0.25) is 0 Å². The minimum absolute atomic E-state index is 0.00472. The van der Waals surface area contributed by atoms with Crippen LogP contribution in [0.15, 0.2) is 24.3 Å². The van der Waals surface area contributed by atoms with Crippen LogP contribution < -0.4 is 5.32 Å². The predicted molar refractivity (Wildman–Crippen MR) is 73.1 cm³/mol. The number of carbonyl (C=O) groups is 1. The summed E-state index contributed by atoms with van der Waals surface area (Å²) in [6.45, 7) is 3.78. The van der Waals surface area contributed by atoms with Crippen LogP contribution in [0.25, 0.3) is 0 Å². The first-order chi connectivity index (χ1) is 9.27. The Bertz CT molecular complexity index is 381. The number of anilines is 1. The van der Waals surface area contributed by atoms with E-state index >= 15 is 0 Å². The van der Waals surface area contributed by atoms with Crippen molar-refractivity contribution in [3.8, 4) is 0 Å². The molecular weight excluding hydrogens is 246 g/mol. The highest BCUT2D eigenvalue weighted by atomic mass is 16.6. The topological polar surface area (TPSA) is 56.8 Å². The number of hydrogen-bond donors (Lipinski definition) is 1. The number of ether oxygens (including phenoxy) is 3. The molecule has 0 saturated carbocycles. The monoisotopic (exact) mass is 267 g/mol. The molecule has 0 bridgehead atoms. The fourth-order valence-electron chi connectivity index (χ4n) is 1.59. The van der Waals surface area contributed by atoms with Crippen molar-refractivity contribution in [3.05, 3.63) is 29.8 Å². The second kappa shape index (κ2) is 9.35. The molecule has 0 aliphatic rings. The van der Waals surface area contributed by atoms with Gasteiger partial charge in [-0.05, 0) is 13.0 Å². The van der Waals surface area contributed by atoms with E-state index in [0.717, 1.165) is 11.3 Å². The van der Waals surface area contributed by atoms with Gasteiger partial charge in [0.25, 0.3) is 0 Å². The minimum atomic E-state index is -0.331. The molecular formula is C14H21NO4. The molecule has 1 aromatic rings. The van der Waals surface area contributed by atoms with Crippen molar-refractivity contribution in [1.29, 1.82) is 0 Å². The fourth-order valence-corrected chi connectivity index (χ4v) is 1.59. The van der Waals surface area contributed by atoms with Crippen molar-refractivity contribution in [1.82, 2.24) is 0 Å². The van der Waals surface area contributed by atoms with Crippen LogP contribution in [0.1, 0.15) is 12.5 Å². The molecule has 0 aromatic heterocycles. The van der Waals surface area contributed by atoms with E-state index in [9.17, 15) is 4.79 Å². The van der Waals surface area contributed by atoms with Gasteiger partial charge in [0.15, 0.2) is 0 Å². The highest BCUT2D eigenvalue weighted by molar-refractivity contribution is 5.70. The van der Waals surface area contributed by atoms with E-state index in [2.05, 4.69) is 5.32 Å². The maximum absolute atomic E-state index is 11.0. The summed E-state index contributed by atoms with van der Waals surface area (Å²) < 4.78 is 15.1. The largest absolute Gasteiger partial charge is 0.464 e. The Morgan fingerprint density at radius 3 is 2.84 bits per heavy atom. The van der Waals surface area contributed by atoms with Crippen LogP contribution in [0.3, 0.4) is 0 Å². The lowest BCUT2D eigenvalue weighted by molar-refractivity contribution is -0.148. The van der Waals surface area contributed by atoms with Gasteiger partial charge in [0, 0.05) is 24.9 Å². The van der Waals surface area contributed by atoms with Crippen molar-refractivity contribution in [2.75, 3.05) is 38.8 Å². The molecule has 0 atom stereocenters. The van der Waals surface area contributed by atoms with Crippen LogP contribution >= 0.6 is 0 Å². The van der Waals surface area contributed by atoms with E-state index in [4.69, 9.17) is 14.2 Å². The molecule has 19 heavy (non-hydrogen) atoms. The Morgan fingerprint density at radius 2 is 2.11 bits per heavy atom. The number of hydrogen-bond acceptors (Lipinski definition) is 5. The molecule has 1 rings (SSSR count). The summed E-state index contributed by atoms with van der Waals surface area (Å²) in [7, 11) is 1.67. The summed E-state index contributed by atoms with van der Waals surface area (Å²) in [5.41, 5.74) is 2.11. The van der Waals surface area contributed by atoms with Crippen molar-refractivity contribution >= 4 is 11.7 Å². The first kappa shape index (κ1) is 15.5. The van der Waals surface area contributed by atoms with E-state index in [-0.39, 0.29) is 12.6 Å². The Labute approximate surface area is 113 Å². The summed E-state index contributed by atoms with van der Waals surface area (Å²) in [6, 6.07) is 7.92. The smallest absolute Gasteiger partial charge is 0.332 e. The van der Waals surface area contributed by atoms with E-state index in [1.165, 1.54) is 0 Å². The second-order valence-corrected chi connectivity index (χ2v) is 3.87. The third-order valence-corrected chi connectivity index (χ3v) is 2.40. The molecule has 1 aromatic carbocycles. The number of benzene rings is 1. The molecule has 1 N–H and O–H groups in total. The Kier molecular flexibility index (Phi) is 7.62. The fraction of sp³-hybridized carbons (Fsp3) is 0.500. The summed E-state index contributed by atoms with van der Waals surface area (Å²) in [5.74, 6) is -0.331. The van der Waals surface area contributed by atoms with Gasteiger partial charge in [-0.2, -0.15) is 0 Å². The first-order valence-corrected chi connectivity index (χ1v) is 6.32. The molecule has 0 aliphatic carbocycles. The molecule has 0 fully saturated rings. The SMILES string of the molecule is CCOC(=O)COCCNc1ccccc1COC. The molecule has 106 valence electrons. The Morgan fingerprint density at radius 1 is 1.32 bits per heavy atom. The summed E-state index contributed by atoms with van der Waals surface area (Å²) in [6.07, 6.45) is 0. The maximum atomic E-state index is 11.0. The molecule has 0 unspecified atom stereocenters. The summed E-state index contributed by atoms with van der Waals surface area (Å²) in [4.78, 5) is 11.0. The van der Waals surface area contributed by atoms with Crippen molar-refractivity contribution in [2.45, 2.75) is 13.5 Å². The van der Waals surface area contributed by atoms with Gasteiger partial charge in [-0.15, -0.1) is 0 Å². The van der Waals surface area contributed by atoms with Crippen molar-refractivity contribution < 1.29 is 19.0 Å². The maximum Gasteiger partial charge on any atom is 0.332 e. The van der Waals surface area contributed by atoms with Gasteiger partial charge in [0.1, 0.15) is 6.61 Å². The van der Waals surface area contributed by atoms with Gasteiger partial charge in [0.05, 0.1) is 19.8 Å². The molecule has 0 amide bonds. The molecule has 0 saturated heterocycles. The average Bonchev–Trinajstić information content (AvgIpc) is 2.41. The number of rotatable bonds is 9. The quantitative estimate of drug-likeness (QED) is 0.546. The van der Waals surface area contributed by atoms with E-state index < -0.39 is 0 Å². The van der Waals surface area contributed by atoms with Crippen LogP contribution in [0.4, 0.5) is 5.69 Å². The third-order valence-electron chi connectivity index (χ3n) is 2.40. The van der Waals surface area contributed by atoms with Crippen molar-refractivity contribution in [3.63, 3.8) is 0 Å². The lowest BCUT2D eigenvalue weighted by Gasteiger charge is -2.11. The molecule has 0 heterocycles. The van der Waals surface area contributed by atoms with Crippen LogP contribution in [-0.4, -0.2) is 39.4 Å². The normalized spacial score (nSPS) is 10.2. The standard InChI is InChI=1S/C14H21NO4/c1-3-19-14(16)11-18-9-8-15-13-7-5-4-6-12(13)10-17-2/h4-7,15H,3,8-11H2,1-2H3. The molecule has 0 radical (unpaired) electrons. The molecule has 5 heteroatoms. The zero-order valence-electron chi connectivity index (χ0n) is 11.5. The summed E-state index contributed by atoms with van der Waals surface area (Å²) >= 11 is 0. The number of nitrogens with one attached hydrogen (secondary N) is 1. The number of esters is 1. The zero-order valence-corrected chi connectivity index (χ0v) is 11.5. The van der Waals surface area contributed by atoms with E-state index in [1.54, 1.807) is 14.0 Å². The van der Waals surface area contributed by atoms with Crippen LogP contribution in [-0.2, 0) is 25.6 Å². The number of carbonyl (C=O) groups excluding carboxylic acids is 1. The number of para-hydroxylation sites is 1. The van der Waals surface area contributed by atoms with Crippen LogP contribution in [0.5, 0.6) is 0 Å². The minimum Gasteiger partial charge on any atom is -0.464 e.